The van der Waals surface area contributed by atoms with Gasteiger partial charge in [-0.1, -0.05) is 0 Å². The number of hydrogen-bond donors (Lipinski definition) is 3. The summed E-state index contributed by atoms with van der Waals surface area (Å²) in [4.78, 5) is 37.6. The third-order valence-electron chi connectivity index (χ3n) is 5.73. The summed E-state index contributed by atoms with van der Waals surface area (Å²) in [5.74, 6) is -1.66. The molecule has 168 valence electrons. The second kappa shape index (κ2) is 8.31. The molecule has 0 atom stereocenters. The normalized spacial score (nSPS) is 18.7. The van der Waals surface area contributed by atoms with Crippen molar-refractivity contribution >= 4 is 52.7 Å². The van der Waals surface area contributed by atoms with Gasteiger partial charge in [-0.2, -0.15) is 5.10 Å². The molecular weight excluding hydrogens is 433 g/mol. The van der Waals surface area contributed by atoms with Crippen molar-refractivity contribution in [3.05, 3.63) is 17.9 Å². The van der Waals surface area contributed by atoms with Crippen LogP contribution in [0.2, 0.25) is 0 Å². The van der Waals surface area contributed by atoms with E-state index in [1.54, 1.807) is 24.1 Å². The largest absolute Gasteiger partial charge is 0.481 e. The number of urea groups is 1. The topological polar surface area (TPSA) is 128 Å². The number of aryl methyl sites for hydroxylation is 1. The number of rotatable bonds is 4. The molecule has 3 N–H and O–H groups in total. The standard InChI is InChI=1S/C19H22FN5O5.ClH/c1-23-16-11(17(22-23)25-7-4-13(26)21-18(25)29)2-3-12(15(16)20)24-8-5-19(30,6-9-24)10-14(27)28;/h2-3,30H,4-10H2,1H3,(H,27,28)(H,21,26,29);1H. The van der Waals surface area contributed by atoms with Gasteiger partial charge in [0.25, 0.3) is 0 Å². The van der Waals surface area contributed by atoms with E-state index >= 15 is 4.39 Å². The highest BCUT2D eigenvalue weighted by atomic mass is 35.5. The molecule has 2 aliphatic heterocycles. The molecule has 2 fully saturated rings. The lowest BCUT2D eigenvalue weighted by atomic mass is 9.88. The molecule has 12 heteroatoms. The summed E-state index contributed by atoms with van der Waals surface area (Å²) in [7, 11) is 1.58. The van der Waals surface area contributed by atoms with E-state index in [1.165, 1.54) is 9.58 Å². The number of amides is 3. The number of aromatic nitrogens is 2. The predicted molar refractivity (Wildman–Crippen MR) is 112 cm³/mol. The SMILES string of the molecule is Cl.Cn1nc(N2CCC(=O)NC2=O)c2ccc(N3CCC(O)(CC(=O)O)CC3)c(F)c21. The predicted octanol–water partition coefficient (Wildman–Crippen LogP) is 1.39. The van der Waals surface area contributed by atoms with Gasteiger partial charge in [0.2, 0.25) is 5.91 Å². The van der Waals surface area contributed by atoms with Crippen molar-refractivity contribution in [1.29, 1.82) is 0 Å². The molecule has 3 heterocycles. The molecule has 0 radical (unpaired) electrons. The molecule has 0 spiro atoms. The monoisotopic (exact) mass is 455 g/mol. The van der Waals surface area contributed by atoms with Crippen molar-refractivity contribution < 1.29 is 29.0 Å². The average Bonchev–Trinajstić information content (AvgIpc) is 2.99. The molecule has 3 amide bonds. The molecule has 0 saturated carbocycles. The van der Waals surface area contributed by atoms with Crippen LogP contribution < -0.4 is 15.1 Å². The number of hydrogen-bond acceptors (Lipinski definition) is 6. The number of carboxylic acids is 1. The summed E-state index contributed by atoms with van der Waals surface area (Å²) >= 11 is 0. The van der Waals surface area contributed by atoms with Gasteiger partial charge < -0.3 is 15.1 Å². The van der Waals surface area contributed by atoms with E-state index in [9.17, 15) is 19.5 Å². The number of carbonyl (C=O) groups excluding carboxylic acids is 2. The quantitative estimate of drug-likeness (QED) is 0.635. The molecular formula is C19H23ClFN5O5. The van der Waals surface area contributed by atoms with Crippen molar-refractivity contribution in [1.82, 2.24) is 15.1 Å². The number of carboxylic acid groups (broad SMARTS) is 1. The Morgan fingerprint density at radius 3 is 2.55 bits per heavy atom. The van der Waals surface area contributed by atoms with E-state index in [0.717, 1.165) is 0 Å². The van der Waals surface area contributed by atoms with Gasteiger partial charge in [-0.3, -0.25) is 24.5 Å². The molecule has 1 aromatic carbocycles. The number of halogens is 2. The van der Waals surface area contributed by atoms with E-state index in [-0.39, 0.29) is 61.9 Å². The smallest absolute Gasteiger partial charge is 0.329 e. The maximum Gasteiger partial charge on any atom is 0.329 e. The Balaban J connectivity index is 0.00000272. The lowest BCUT2D eigenvalue weighted by molar-refractivity contribution is -0.143. The summed E-state index contributed by atoms with van der Waals surface area (Å²) in [6.07, 6.45) is 0.232. The minimum atomic E-state index is -1.29. The van der Waals surface area contributed by atoms with Crippen LogP contribution in [0, 0.1) is 5.82 Å². The highest BCUT2D eigenvalue weighted by molar-refractivity contribution is 6.09. The fourth-order valence-corrected chi connectivity index (χ4v) is 4.13. The van der Waals surface area contributed by atoms with E-state index in [4.69, 9.17) is 5.11 Å². The Morgan fingerprint density at radius 1 is 1.26 bits per heavy atom. The Bertz CT molecular complexity index is 1050. The molecule has 2 aliphatic rings. The third kappa shape index (κ3) is 4.15. The van der Waals surface area contributed by atoms with Crippen molar-refractivity contribution in [2.75, 3.05) is 29.4 Å². The van der Waals surface area contributed by atoms with Crippen molar-refractivity contribution in [2.45, 2.75) is 31.3 Å². The zero-order chi connectivity index (χ0) is 21.6. The molecule has 2 aromatic rings. The minimum absolute atomic E-state index is 0. The van der Waals surface area contributed by atoms with Gasteiger partial charge in [-0.15, -0.1) is 12.4 Å². The first-order chi connectivity index (χ1) is 14.2. The Hall–Kier alpha value is -2.92. The molecule has 10 nitrogen and oxygen atoms in total. The first kappa shape index (κ1) is 22.8. The molecule has 1 aromatic heterocycles. The van der Waals surface area contributed by atoms with Crippen molar-refractivity contribution in [3.8, 4) is 0 Å². The zero-order valence-electron chi connectivity index (χ0n) is 16.8. The number of benzene rings is 1. The van der Waals surface area contributed by atoms with E-state index in [0.29, 0.717) is 24.2 Å². The first-order valence-electron chi connectivity index (χ1n) is 9.64. The summed E-state index contributed by atoms with van der Waals surface area (Å²) in [6.45, 7) is 0.787. The van der Waals surface area contributed by atoms with Gasteiger partial charge in [0.05, 0.1) is 17.7 Å². The summed E-state index contributed by atoms with van der Waals surface area (Å²) in [5.41, 5.74) is -0.743. The van der Waals surface area contributed by atoms with E-state index in [2.05, 4.69) is 10.4 Å². The summed E-state index contributed by atoms with van der Waals surface area (Å²) < 4.78 is 16.8. The summed E-state index contributed by atoms with van der Waals surface area (Å²) in [6, 6.07) is 2.68. The van der Waals surface area contributed by atoms with Gasteiger partial charge in [-0.25, -0.2) is 9.18 Å². The van der Waals surface area contributed by atoms with Crippen LogP contribution in [0.3, 0.4) is 0 Å². The van der Waals surface area contributed by atoms with Crippen LogP contribution >= 0.6 is 12.4 Å². The zero-order valence-corrected chi connectivity index (χ0v) is 17.6. The van der Waals surface area contributed by atoms with Crippen LogP contribution in [0.15, 0.2) is 12.1 Å². The highest BCUT2D eigenvalue weighted by Gasteiger charge is 2.36. The lowest BCUT2D eigenvalue weighted by Gasteiger charge is -2.38. The minimum Gasteiger partial charge on any atom is -0.481 e. The molecule has 0 bridgehead atoms. The number of anilines is 2. The Labute approximate surface area is 183 Å². The molecule has 4 rings (SSSR count). The number of carbonyl (C=O) groups is 3. The maximum atomic E-state index is 15.4. The van der Waals surface area contributed by atoms with Crippen LogP contribution in [-0.4, -0.2) is 63.1 Å². The number of fused-ring (bicyclic) bond motifs is 1. The molecule has 0 aliphatic carbocycles. The van der Waals surface area contributed by atoms with Gasteiger partial charge in [0, 0.05) is 38.5 Å². The highest BCUT2D eigenvalue weighted by Crippen LogP contribution is 2.36. The first-order valence-corrected chi connectivity index (χ1v) is 9.64. The number of piperidine rings is 1. The number of aliphatic hydroxyl groups is 1. The second-order valence-corrected chi connectivity index (χ2v) is 7.78. The average molecular weight is 456 g/mol. The molecule has 31 heavy (non-hydrogen) atoms. The maximum absolute atomic E-state index is 15.4. The van der Waals surface area contributed by atoms with Crippen LogP contribution in [0.4, 0.5) is 20.7 Å². The third-order valence-corrected chi connectivity index (χ3v) is 5.73. The number of imide groups is 1. The number of nitrogens with one attached hydrogen (secondary N) is 1. The summed E-state index contributed by atoms with van der Waals surface area (Å²) in [5, 5.41) is 26.3. The fourth-order valence-electron chi connectivity index (χ4n) is 4.13. The van der Waals surface area contributed by atoms with E-state index in [1.807, 2.05) is 0 Å². The number of nitrogens with zero attached hydrogens (tertiary/aromatic N) is 4. The van der Waals surface area contributed by atoms with Gasteiger partial charge in [0.15, 0.2) is 11.6 Å². The second-order valence-electron chi connectivity index (χ2n) is 7.78. The van der Waals surface area contributed by atoms with Gasteiger partial charge in [0.1, 0.15) is 5.52 Å². The van der Waals surface area contributed by atoms with Crippen LogP contribution in [-0.2, 0) is 16.6 Å². The van der Waals surface area contributed by atoms with Crippen LogP contribution in [0.1, 0.15) is 25.7 Å². The van der Waals surface area contributed by atoms with Crippen molar-refractivity contribution in [2.24, 2.45) is 7.05 Å². The Morgan fingerprint density at radius 2 is 1.94 bits per heavy atom. The molecule has 0 unspecified atom stereocenters. The molecule has 2 saturated heterocycles. The van der Waals surface area contributed by atoms with Crippen LogP contribution in [0.25, 0.3) is 10.9 Å². The van der Waals surface area contributed by atoms with Crippen LogP contribution in [0.5, 0.6) is 0 Å². The van der Waals surface area contributed by atoms with Crippen molar-refractivity contribution in [3.63, 3.8) is 0 Å². The van der Waals surface area contributed by atoms with E-state index < -0.39 is 23.4 Å². The fraction of sp³-hybridized carbons (Fsp3) is 0.474. The van der Waals surface area contributed by atoms with Gasteiger partial charge >= 0.3 is 12.0 Å². The Kier molecular flexibility index (Phi) is 6.10. The number of aliphatic carboxylic acids is 1. The lowest BCUT2D eigenvalue weighted by Crippen LogP contribution is -2.49. The van der Waals surface area contributed by atoms with Gasteiger partial charge in [-0.05, 0) is 25.0 Å².